The molecule has 0 heterocycles. The smallest absolute Gasteiger partial charge is 0.230 e. The second-order valence-electron chi connectivity index (χ2n) is 5.22. The van der Waals surface area contributed by atoms with Gasteiger partial charge in [-0.25, -0.2) is 4.39 Å². The molecule has 0 saturated carbocycles. The first-order valence-corrected chi connectivity index (χ1v) is 10.7. The highest BCUT2D eigenvalue weighted by atomic mass is 35.5. The fourth-order valence-electron chi connectivity index (χ4n) is 2.00. The van der Waals surface area contributed by atoms with Crippen LogP contribution in [0.15, 0.2) is 42.5 Å². The fraction of sp³-hybridized carbons (Fsp3) is 0.278. The van der Waals surface area contributed by atoms with Crippen LogP contribution in [0.5, 0.6) is 0 Å². The van der Waals surface area contributed by atoms with Gasteiger partial charge < -0.3 is 5.32 Å². The van der Waals surface area contributed by atoms with E-state index in [1.165, 1.54) is 23.9 Å². The molecule has 2 aromatic rings. The van der Waals surface area contributed by atoms with Gasteiger partial charge in [0.1, 0.15) is 5.82 Å². The Morgan fingerprint density at radius 3 is 2.36 bits per heavy atom. The van der Waals surface area contributed by atoms with Crippen LogP contribution in [-0.4, -0.2) is 24.0 Å². The average Bonchev–Trinajstić information content (AvgIpc) is 2.58. The maximum Gasteiger partial charge on any atom is 0.230 e. The Hall–Kier alpha value is -0.880. The molecular weight excluding hydrogens is 400 g/mol. The lowest BCUT2D eigenvalue weighted by Gasteiger charge is -2.08. The third kappa shape index (κ3) is 7.48. The zero-order valence-corrected chi connectivity index (χ0v) is 16.6. The summed E-state index contributed by atoms with van der Waals surface area (Å²) in [5.41, 5.74) is 1.93. The fourth-order valence-corrected chi connectivity index (χ4v) is 4.41. The number of hydrogen-bond donors (Lipinski definition) is 1. The van der Waals surface area contributed by atoms with E-state index in [-0.39, 0.29) is 11.7 Å². The molecule has 0 atom stereocenters. The van der Waals surface area contributed by atoms with E-state index < -0.39 is 0 Å². The molecule has 0 aliphatic rings. The van der Waals surface area contributed by atoms with Crippen molar-refractivity contribution in [2.24, 2.45) is 0 Å². The van der Waals surface area contributed by atoms with E-state index in [1.54, 1.807) is 23.9 Å². The number of carbonyl (C=O) groups excluding carboxylic acids is 1. The summed E-state index contributed by atoms with van der Waals surface area (Å²) in [7, 11) is 0. The van der Waals surface area contributed by atoms with Gasteiger partial charge in [-0.1, -0.05) is 41.4 Å². The monoisotopic (exact) mass is 417 g/mol. The molecule has 0 unspecified atom stereocenters. The average molecular weight is 418 g/mol. The molecule has 1 N–H and O–H groups in total. The van der Waals surface area contributed by atoms with Gasteiger partial charge in [-0.05, 0) is 35.4 Å². The molecule has 134 valence electrons. The van der Waals surface area contributed by atoms with Gasteiger partial charge in [0.2, 0.25) is 5.91 Å². The second-order valence-corrected chi connectivity index (χ2v) is 8.13. The Bertz CT molecular complexity index is 678. The van der Waals surface area contributed by atoms with Crippen molar-refractivity contribution < 1.29 is 9.18 Å². The molecule has 0 bridgehead atoms. The quantitative estimate of drug-likeness (QED) is 0.552. The molecule has 2 aromatic carbocycles. The van der Waals surface area contributed by atoms with E-state index >= 15 is 0 Å². The van der Waals surface area contributed by atoms with E-state index in [2.05, 4.69) is 5.32 Å². The molecule has 0 spiro atoms. The summed E-state index contributed by atoms with van der Waals surface area (Å²) in [6, 6.07) is 11.8. The van der Waals surface area contributed by atoms with Crippen molar-refractivity contribution in [2.45, 2.75) is 11.5 Å². The number of halogens is 3. The van der Waals surface area contributed by atoms with Crippen molar-refractivity contribution in [3.63, 3.8) is 0 Å². The first-order chi connectivity index (χ1) is 12.1. The minimum absolute atomic E-state index is 0.00323. The normalized spacial score (nSPS) is 10.7. The van der Waals surface area contributed by atoms with Gasteiger partial charge in [-0.15, -0.1) is 11.8 Å². The van der Waals surface area contributed by atoms with E-state index in [9.17, 15) is 9.18 Å². The zero-order valence-electron chi connectivity index (χ0n) is 13.4. The van der Waals surface area contributed by atoms with Crippen LogP contribution in [0.1, 0.15) is 11.1 Å². The third-order valence-electron chi connectivity index (χ3n) is 3.29. The molecule has 2 rings (SSSR count). The Balaban J connectivity index is 1.57. The van der Waals surface area contributed by atoms with Crippen molar-refractivity contribution in [3.05, 3.63) is 69.5 Å². The molecule has 0 aliphatic carbocycles. The van der Waals surface area contributed by atoms with Crippen LogP contribution in [0.4, 0.5) is 4.39 Å². The highest BCUT2D eigenvalue weighted by Crippen LogP contribution is 2.27. The molecule has 0 radical (unpaired) electrons. The molecule has 25 heavy (non-hydrogen) atoms. The van der Waals surface area contributed by atoms with Gasteiger partial charge >= 0.3 is 0 Å². The Morgan fingerprint density at radius 2 is 1.68 bits per heavy atom. The summed E-state index contributed by atoms with van der Waals surface area (Å²) in [6.07, 6.45) is 0. The predicted octanol–water partition coefficient (Wildman–Crippen LogP) is 5.42. The highest BCUT2D eigenvalue weighted by Gasteiger charge is 2.06. The largest absolute Gasteiger partial charge is 0.355 e. The van der Waals surface area contributed by atoms with Crippen LogP contribution < -0.4 is 5.32 Å². The summed E-state index contributed by atoms with van der Waals surface area (Å²) in [6.45, 7) is 0.600. The minimum Gasteiger partial charge on any atom is -0.355 e. The predicted molar refractivity (Wildman–Crippen MR) is 108 cm³/mol. The number of hydrogen-bond acceptors (Lipinski definition) is 3. The van der Waals surface area contributed by atoms with Crippen molar-refractivity contribution >= 4 is 52.6 Å². The highest BCUT2D eigenvalue weighted by molar-refractivity contribution is 7.99. The number of carbonyl (C=O) groups is 1. The summed E-state index contributed by atoms with van der Waals surface area (Å²) >= 11 is 15.4. The molecule has 1 amide bonds. The lowest BCUT2D eigenvalue weighted by molar-refractivity contribution is -0.118. The van der Waals surface area contributed by atoms with E-state index in [1.807, 2.05) is 18.2 Å². The van der Waals surface area contributed by atoms with Gasteiger partial charge in [-0.3, -0.25) is 4.79 Å². The second kappa shape index (κ2) is 11.0. The number of amides is 1. The summed E-state index contributed by atoms with van der Waals surface area (Å²) < 4.78 is 12.8. The molecular formula is C18H18Cl2FNOS2. The molecule has 0 saturated heterocycles. The lowest BCUT2D eigenvalue weighted by Crippen LogP contribution is -2.27. The van der Waals surface area contributed by atoms with Crippen molar-refractivity contribution in [3.8, 4) is 0 Å². The van der Waals surface area contributed by atoms with E-state index in [4.69, 9.17) is 23.2 Å². The number of nitrogens with one attached hydrogen (secondary N) is 1. The molecule has 0 fully saturated rings. The van der Waals surface area contributed by atoms with Crippen LogP contribution in [0, 0.1) is 5.82 Å². The summed E-state index contributed by atoms with van der Waals surface area (Å²) in [4.78, 5) is 11.8. The van der Waals surface area contributed by atoms with Gasteiger partial charge in [0, 0.05) is 33.8 Å². The SMILES string of the molecule is O=C(CSCc1ccc(F)cc1)NCCSCc1c(Cl)cccc1Cl. The number of benzene rings is 2. The Morgan fingerprint density at radius 1 is 1.00 bits per heavy atom. The Kier molecular flexibility index (Phi) is 8.96. The minimum atomic E-state index is -0.248. The van der Waals surface area contributed by atoms with Crippen LogP contribution in [0.2, 0.25) is 10.0 Å². The molecule has 2 nitrogen and oxygen atoms in total. The van der Waals surface area contributed by atoms with Gasteiger partial charge in [0.25, 0.3) is 0 Å². The Labute approximate surface area is 165 Å². The molecule has 0 aliphatic heterocycles. The van der Waals surface area contributed by atoms with Crippen LogP contribution >= 0.6 is 46.7 Å². The first-order valence-electron chi connectivity index (χ1n) is 7.66. The maximum absolute atomic E-state index is 12.8. The number of thioether (sulfide) groups is 2. The van der Waals surface area contributed by atoms with Crippen LogP contribution in [0.3, 0.4) is 0 Å². The third-order valence-corrected chi connectivity index (χ3v) is 5.99. The van der Waals surface area contributed by atoms with Crippen LogP contribution in [0.25, 0.3) is 0 Å². The summed E-state index contributed by atoms with van der Waals surface area (Å²) in [5.74, 6) is 2.33. The molecule has 7 heteroatoms. The topological polar surface area (TPSA) is 29.1 Å². The lowest BCUT2D eigenvalue weighted by atomic mass is 10.2. The zero-order chi connectivity index (χ0) is 18.1. The standard InChI is InChI=1S/C18H18Cl2FNOS2/c19-16-2-1-3-17(20)15(16)11-24-9-8-22-18(23)12-25-10-13-4-6-14(21)7-5-13/h1-7H,8-12H2,(H,22,23). The van der Waals surface area contributed by atoms with Gasteiger partial charge in [0.15, 0.2) is 0 Å². The summed E-state index contributed by atoms with van der Waals surface area (Å²) in [5, 5.41) is 4.22. The number of rotatable bonds is 9. The maximum atomic E-state index is 12.8. The van der Waals surface area contributed by atoms with Crippen LogP contribution in [-0.2, 0) is 16.3 Å². The van der Waals surface area contributed by atoms with Gasteiger partial charge in [0.05, 0.1) is 5.75 Å². The first kappa shape index (κ1) is 20.4. The van der Waals surface area contributed by atoms with Gasteiger partial charge in [-0.2, -0.15) is 11.8 Å². The van der Waals surface area contributed by atoms with Crippen molar-refractivity contribution in [1.82, 2.24) is 5.32 Å². The van der Waals surface area contributed by atoms with Crippen molar-refractivity contribution in [2.75, 3.05) is 18.1 Å². The van der Waals surface area contributed by atoms with E-state index in [0.29, 0.717) is 33.8 Å². The molecule has 0 aromatic heterocycles. The van der Waals surface area contributed by atoms with Crippen molar-refractivity contribution in [1.29, 1.82) is 0 Å². The van der Waals surface area contributed by atoms with E-state index in [0.717, 1.165) is 16.9 Å².